The summed E-state index contributed by atoms with van der Waals surface area (Å²) in [6, 6.07) is 6.61. The van der Waals surface area contributed by atoms with Gasteiger partial charge in [0, 0.05) is 40.8 Å². The van der Waals surface area contributed by atoms with Crippen LogP contribution in [0.25, 0.3) is 0 Å². The maximum absolute atomic E-state index is 13.0. The van der Waals surface area contributed by atoms with Gasteiger partial charge in [0.15, 0.2) is 0 Å². The summed E-state index contributed by atoms with van der Waals surface area (Å²) in [5.74, 6) is 0.781. The van der Waals surface area contributed by atoms with Crippen LogP contribution < -0.4 is 15.4 Å². The summed E-state index contributed by atoms with van der Waals surface area (Å²) < 4.78 is 17.7. The van der Waals surface area contributed by atoms with Crippen LogP contribution in [0.15, 0.2) is 28.7 Å². The Morgan fingerprint density at radius 3 is 2.56 bits per heavy atom. The summed E-state index contributed by atoms with van der Waals surface area (Å²) in [6.07, 6.45) is 1.58. The molecule has 4 rings (SSSR count). The zero-order chi connectivity index (χ0) is 28.4. The minimum absolute atomic E-state index is 0.123. The standard InChI is InChI=1S/C27H35BrClN5O5/c1-5-37-23(35)20-14-27(16-34(20)25(36)39-26(2,3)4)8-10-33(11-9-27)21-13-22(32-24(30)31-21)38-15-17-6-7-18(29)12-19(17)28/h6-7,12-13,20H,5,8-11,14-16H2,1-4H3,(H2,30,31,32). The second-order valence-corrected chi connectivity index (χ2v) is 12.3. The van der Waals surface area contributed by atoms with E-state index in [1.807, 2.05) is 32.9 Å². The van der Waals surface area contributed by atoms with Crippen LogP contribution in [0, 0.1) is 5.41 Å². The van der Waals surface area contributed by atoms with Gasteiger partial charge in [0.1, 0.15) is 24.1 Å². The highest BCUT2D eigenvalue weighted by Crippen LogP contribution is 2.45. The first-order chi connectivity index (χ1) is 18.4. The van der Waals surface area contributed by atoms with E-state index in [0.717, 1.165) is 22.9 Å². The molecule has 1 atom stereocenters. The fourth-order valence-electron chi connectivity index (χ4n) is 5.05. The van der Waals surface area contributed by atoms with Crippen molar-refractivity contribution >= 4 is 51.4 Å². The van der Waals surface area contributed by atoms with E-state index >= 15 is 0 Å². The Hall–Kier alpha value is -2.79. The highest BCUT2D eigenvalue weighted by atomic mass is 79.9. The van der Waals surface area contributed by atoms with Crippen LogP contribution in [-0.4, -0.2) is 64.8 Å². The summed E-state index contributed by atoms with van der Waals surface area (Å²) in [4.78, 5) is 38.1. The van der Waals surface area contributed by atoms with Gasteiger partial charge < -0.3 is 24.8 Å². The van der Waals surface area contributed by atoms with E-state index in [1.165, 1.54) is 0 Å². The molecular formula is C27H35BrClN5O5. The van der Waals surface area contributed by atoms with E-state index in [4.69, 9.17) is 31.5 Å². The second kappa shape index (κ2) is 11.8. The Labute approximate surface area is 242 Å². The molecule has 1 aromatic carbocycles. The number of ether oxygens (including phenoxy) is 3. The van der Waals surface area contributed by atoms with E-state index in [2.05, 4.69) is 30.8 Å². The number of carbonyl (C=O) groups is 2. The van der Waals surface area contributed by atoms with Crippen LogP contribution in [0.3, 0.4) is 0 Å². The van der Waals surface area contributed by atoms with Crippen molar-refractivity contribution < 1.29 is 23.8 Å². The van der Waals surface area contributed by atoms with Gasteiger partial charge in [-0.25, -0.2) is 9.59 Å². The number of piperidine rings is 1. The lowest BCUT2D eigenvalue weighted by Gasteiger charge is -2.39. The summed E-state index contributed by atoms with van der Waals surface area (Å²) in [5.41, 5.74) is 6.06. The lowest BCUT2D eigenvalue weighted by atomic mass is 9.76. The fraction of sp³-hybridized carbons (Fsp3) is 0.556. The molecule has 12 heteroatoms. The topological polar surface area (TPSA) is 120 Å². The van der Waals surface area contributed by atoms with Crippen molar-refractivity contribution in [3.8, 4) is 5.88 Å². The summed E-state index contributed by atoms with van der Waals surface area (Å²) >= 11 is 9.53. The quantitative estimate of drug-likeness (QED) is 0.432. The molecule has 1 aromatic heterocycles. The minimum Gasteiger partial charge on any atom is -0.473 e. The lowest BCUT2D eigenvalue weighted by molar-refractivity contribution is -0.148. The van der Waals surface area contributed by atoms with Gasteiger partial charge in [-0.1, -0.05) is 33.6 Å². The maximum Gasteiger partial charge on any atom is 0.411 e. The molecular weight excluding hydrogens is 590 g/mol. The van der Waals surface area contributed by atoms with Crippen molar-refractivity contribution in [2.75, 3.05) is 36.9 Å². The molecule has 3 heterocycles. The van der Waals surface area contributed by atoms with Gasteiger partial charge in [0.05, 0.1) is 6.61 Å². The Morgan fingerprint density at radius 1 is 1.21 bits per heavy atom. The predicted molar refractivity (Wildman–Crippen MR) is 152 cm³/mol. The van der Waals surface area contributed by atoms with Crippen LogP contribution in [0.4, 0.5) is 16.6 Å². The minimum atomic E-state index is -0.661. The van der Waals surface area contributed by atoms with E-state index in [1.54, 1.807) is 24.0 Å². The first-order valence-electron chi connectivity index (χ1n) is 13.0. The third-order valence-corrected chi connectivity index (χ3v) is 7.91. The number of nitrogens with zero attached hydrogens (tertiary/aromatic N) is 4. The van der Waals surface area contributed by atoms with Gasteiger partial charge in [-0.05, 0) is 64.5 Å². The maximum atomic E-state index is 13.0. The number of halogens is 2. The molecule has 0 saturated carbocycles. The van der Waals surface area contributed by atoms with Crippen molar-refractivity contribution in [3.63, 3.8) is 0 Å². The molecule has 2 saturated heterocycles. The number of anilines is 2. The number of nitrogens with two attached hydrogens (primary N) is 1. The molecule has 2 N–H and O–H groups in total. The van der Waals surface area contributed by atoms with Crippen molar-refractivity contribution in [3.05, 3.63) is 39.3 Å². The van der Waals surface area contributed by atoms with Crippen LogP contribution in [-0.2, 0) is 20.9 Å². The van der Waals surface area contributed by atoms with Gasteiger partial charge in [-0.2, -0.15) is 9.97 Å². The second-order valence-electron chi connectivity index (χ2n) is 11.0. The molecule has 2 aliphatic heterocycles. The van der Waals surface area contributed by atoms with Gasteiger partial charge in [0.2, 0.25) is 11.8 Å². The monoisotopic (exact) mass is 623 g/mol. The van der Waals surface area contributed by atoms with Crippen molar-refractivity contribution in [1.82, 2.24) is 14.9 Å². The zero-order valence-corrected chi connectivity index (χ0v) is 25.0. The zero-order valence-electron chi connectivity index (χ0n) is 22.7. The smallest absolute Gasteiger partial charge is 0.411 e. The highest BCUT2D eigenvalue weighted by Gasteiger charge is 2.51. The van der Waals surface area contributed by atoms with E-state index < -0.39 is 17.7 Å². The molecule has 2 aliphatic rings. The molecule has 0 bridgehead atoms. The van der Waals surface area contributed by atoms with E-state index in [0.29, 0.717) is 42.8 Å². The van der Waals surface area contributed by atoms with Gasteiger partial charge in [-0.15, -0.1) is 0 Å². The number of hydrogen-bond donors (Lipinski definition) is 1. The largest absolute Gasteiger partial charge is 0.473 e. The normalized spacial score (nSPS) is 18.8. The Kier molecular flexibility index (Phi) is 8.80. The number of carbonyl (C=O) groups excluding carboxylic acids is 2. The number of rotatable bonds is 6. The summed E-state index contributed by atoms with van der Waals surface area (Å²) in [7, 11) is 0. The van der Waals surface area contributed by atoms with Crippen molar-refractivity contribution in [2.24, 2.45) is 5.41 Å². The van der Waals surface area contributed by atoms with Gasteiger partial charge in [0.25, 0.3) is 0 Å². The molecule has 212 valence electrons. The number of benzene rings is 1. The first-order valence-corrected chi connectivity index (χ1v) is 14.2. The average molecular weight is 625 g/mol. The SMILES string of the molecule is CCOC(=O)C1CC2(CCN(c3cc(OCc4ccc(Cl)cc4Br)nc(N)n3)CC2)CN1C(=O)OC(C)(C)C. The Balaban J connectivity index is 1.44. The Bertz CT molecular complexity index is 1220. The number of aromatic nitrogens is 2. The number of amides is 1. The Morgan fingerprint density at radius 2 is 1.92 bits per heavy atom. The average Bonchev–Trinajstić information content (AvgIpc) is 3.22. The summed E-state index contributed by atoms with van der Waals surface area (Å²) in [6.45, 7) is 9.54. The molecule has 10 nitrogen and oxygen atoms in total. The van der Waals surface area contributed by atoms with Crippen LogP contribution >= 0.6 is 27.5 Å². The van der Waals surface area contributed by atoms with E-state index in [9.17, 15) is 9.59 Å². The highest BCUT2D eigenvalue weighted by molar-refractivity contribution is 9.10. The molecule has 0 aliphatic carbocycles. The molecule has 1 amide bonds. The predicted octanol–water partition coefficient (Wildman–Crippen LogP) is 5.21. The lowest BCUT2D eigenvalue weighted by Crippen LogP contribution is -2.45. The number of esters is 1. The molecule has 1 spiro atoms. The molecule has 39 heavy (non-hydrogen) atoms. The van der Waals surface area contributed by atoms with Crippen LogP contribution in [0.2, 0.25) is 5.02 Å². The molecule has 0 radical (unpaired) electrons. The van der Waals surface area contributed by atoms with Gasteiger partial charge >= 0.3 is 12.1 Å². The molecule has 2 aromatic rings. The number of likely N-dealkylation sites (tertiary alicyclic amines) is 1. The third-order valence-electron chi connectivity index (χ3n) is 6.94. The summed E-state index contributed by atoms with van der Waals surface area (Å²) in [5, 5.41) is 0.632. The van der Waals surface area contributed by atoms with E-state index in [-0.39, 0.29) is 30.5 Å². The number of nitrogen functional groups attached to an aromatic ring is 1. The van der Waals surface area contributed by atoms with Gasteiger partial charge in [-0.3, -0.25) is 4.90 Å². The van der Waals surface area contributed by atoms with Crippen LogP contribution in [0.5, 0.6) is 5.88 Å². The molecule has 2 fully saturated rings. The van der Waals surface area contributed by atoms with Crippen LogP contribution in [0.1, 0.15) is 52.5 Å². The molecule has 1 unspecified atom stereocenters. The first kappa shape index (κ1) is 29.2. The van der Waals surface area contributed by atoms with Crippen molar-refractivity contribution in [1.29, 1.82) is 0 Å². The van der Waals surface area contributed by atoms with Crippen molar-refractivity contribution in [2.45, 2.75) is 65.2 Å². The number of hydrogen-bond acceptors (Lipinski definition) is 9. The fourth-order valence-corrected chi connectivity index (χ4v) is 5.84. The third kappa shape index (κ3) is 7.25.